The Labute approximate surface area is 169 Å². The molecule has 1 atom stereocenters. The van der Waals surface area contributed by atoms with Gasteiger partial charge in [-0.05, 0) is 0 Å². The molecular formula is C18H16AsN5O3S. The summed E-state index contributed by atoms with van der Waals surface area (Å²) in [4.78, 5) is 14.7. The van der Waals surface area contributed by atoms with Gasteiger partial charge in [-0.15, -0.1) is 0 Å². The van der Waals surface area contributed by atoms with Gasteiger partial charge in [0.05, 0.1) is 0 Å². The zero-order valence-corrected chi connectivity index (χ0v) is 17.4. The maximum absolute atomic E-state index is 10.9. The molecule has 0 aliphatic carbocycles. The van der Waals surface area contributed by atoms with Crippen LogP contribution in [0, 0.1) is 21.4 Å². The van der Waals surface area contributed by atoms with E-state index < -0.39 is 19.6 Å². The normalized spacial score (nSPS) is 12.3. The molecule has 1 N–H and O–H groups in total. The van der Waals surface area contributed by atoms with E-state index in [4.69, 9.17) is 5.26 Å². The van der Waals surface area contributed by atoms with Crippen LogP contribution in [0.4, 0.5) is 16.5 Å². The van der Waals surface area contributed by atoms with Gasteiger partial charge < -0.3 is 0 Å². The van der Waals surface area contributed by atoms with Gasteiger partial charge >= 0.3 is 160 Å². The molecule has 1 aromatic heterocycles. The molecule has 0 spiro atoms. The molecule has 0 bridgehead atoms. The molecule has 3 aromatic rings. The first kappa shape index (κ1) is 20.1. The summed E-state index contributed by atoms with van der Waals surface area (Å²) in [6, 6.07) is 14.4. The second kappa shape index (κ2) is 9.51. The molecule has 0 radical (unpaired) electrons. The van der Waals surface area contributed by atoms with E-state index in [0.29, 0.717) is 27.5 Å². The van der Waals surface area contributed by atoms with E-state index in [1.165, 1.54) is 27.8 Å². The van der Waals surface area contributed by atoms with Crippen molar-refractivity contribution in [1.29, 1.82) is 5.26 Å². The number of benzene rings is 2. The van der Waals surface area contributed by atoms with Crippen LogP contribution in [0.5, 0.6) is 0 Å². The zero-order chi connectivity index (χ0) is 19.9. The Balaban J connectivity index is 1.74. The zero-order valence-electron chi connectivity index (χ0n) is 14.7. The van der Waals surface area contributed by atoms with E-state index in [2.05, 4.69) is 21.3 Å². The summed E-state index contributed by atoms with van der Waals surface area (Å²) in [7, 11) is 0. The molecular weight excluding hydrogens is 441 g/mol. The molecule has 0 saturated carbocycles. The fourth-order valence-electron chi connectivity index (χ4n) is 2.56. The van der Waals surface area contributed by atoms with E-state index in [0.717, 1.165) is 10.4 Å². The van der Waals surface area contributed by atoms with Crippen LogP contribution in [0.25, 0.3) is 10.2 Å². The van der Waals surface area contributed by atoms with Crippen molar-refractivity contribution in [3.63, 3.8) is 0 Å². The topological polar surface area (TPSA) is 125 Å². The summed E-state index contributed by atoms with van der Waals surface area (Å²) >= 11 is -0.183. The number of nitrogens with zero attached hydrogens (tertiary/aromatic N) is 5. The van der Waals surface area contributed by atoms with Crippen molar-refractivity contribution < 1.29 is 10.0 Å². The summed E-state index contributed by atoms with van der Waals surface area (Å²) < 4.78 is 1.89. The van der Waals surface area contributed by atoms with Crippen LogP contribution < -0.4 is 4.35 Å². The molecule has 10 heteroatoms. The minimum atomic E-state index is -1.43. The van der Waals surface area contributed by atoms with Crippen molar-refractivity contribution in [3.8, 4) is 6.07 Å². The molecule has 0 aliphatic rings. The third-order valence-corrected chi connectivity index (χ3v) is 10.1. The number of nitro groups is 1. The van der Waals surface area contributed by atoms with Crippen LogP contribution in [0.15, 0.2) is 52.7 Å². The Kier molecular flexibility index (Phi) is 6.82. The molecule has 0 aliphatic heterocycles. The van der Waals surface area contributed by atoms with Gasteiger partial charge in [0.25, 0.3) is 0 Å². The second-order valence-electron chi connectivity index (χ2n) is 5.74. The van der Waals surface area contributed by atoms with E-state index in [9.17, 15) is 15.2 Å². The molecule has 8 nitrogen and oxygen atoms in total. The Hall–Kier alpha value is -2.66. The average Bonchev–Trinajstić information content (AvgIpc) is 3.12. The summed E-state index contributed by atoms with van der Waals surface area (Å²) in [5, 5.41) is 39.3. The minimum absolute atomic E-state index is 0.0217. The number of nitro benzene ring substituents is 1. The SMILES string of the molecule is N#CCC[As](CCO)c1ccc(N=Nc2nc3ccc([N+](=O)[O-])cc3s2)cc1. The van der Waals surface area contributed by atoms with Crippen LogP contribution in [0.2, 0.25) is 10.4 Å². The van der Waals surface area contributed by atoms with Gasteiger partial charge in [0.1, 0.15) is 0 Å². The first-order chi connectivity index (χ1) is 13.6. The Morgan fingerprint density at radius 2 is 2.00 bits per heavy atom. The first-order valence-corrected chi connectivity index (χ1v) is 12.8. The molecule has 1 heterocycles. The molecule has 2 aromatic carbocycles. The van der Waals surface area contributed by atoms with Crippen molar-refractivity contribution in [2.24, 2.45) is 10.2 Å². The van der Waals surface area contributed by atoms with Gasteiger partial charge in [0.2, 0.25) is 0 Å². The fourth-order valence-corrected chi connectivity index (χ4v) is 7.42. The molecule has 1 unspecified atom stereocenters. The van der Waals surface area contributed by atoms with E-state index in [-0.39, 0.29) is 12.3 Å². The Morgan fingerprint density at radius 1 is 1.21 bits per heavy atom. The predicted molar refractivity (Wildman–Crippen MR) is 109 cm³/mol. The number of fused-ring (bicyclic) bond motifs is 1. The molecule has 142 valence electrons. The molecule has 28 heavy (non-hydrogen) atoms. The van der Waals surface area contributed by atoms with Crippen LogP contribution in [0.3, 0.4) is 0 Å². The van der Waals surface area contributed by atoms with Crippen molar-refractivity contribution in [2.75, 3.05) is 6.61 Å². The van der Waals surface area contributed by atoms with Crippen LogP contribution in [0.1, 0.15) is 6.42 Å². The summed E-state index contributed by atoms with van der Waals surface area (Å²) in [5.41, 5.74) is 1.34. The van der Waals surface area contributed by atoms with Gasteiger partial charge in [-0.25, -0.2) is 0 Å². The number of aliphatic hydroxyl groups is 1. The molecule has 3 rings (SSSR count). The molecule has 0 fully saturated rings. The number of non-ortho nitro benzene ring substituents is 1. The third-order valence-electron chi connectivity index (χ3n) is 3.90. The number of aromatic nitrogens is 1. The van der Waals surface area contributed by atoms with Crippen LogP contribution >= 0.6 is 11.3 Å². The van der Waals surface area contributed by atoms with E-state index in [1.807, 2.05) is 24.3 Å². The average molecular weight is 457 g/mol. The van der Waals surface area contributed by atoms with Crippen LogP contribution in [-0.2, 0) is 0 Å². The van der Waals surface area contributed by atoms with Gasteiger partial charge in [0, 0.05) is 0 Å². The quantitative estimate of drug-likeness (QED) is 0.235. The maximum atomic E-state index is 10.9. The van der Waals surface area contributed by atoms with Crippen molar-refractivity contribution in [3.05, 3.63) is 52.6 Å². The Morgan fingerprint density at radius 3 is 2.68 bits per heavy atom. The fraction of sp³-hybridized carbons (Fsp3) is 0.222. The first-order valence-electron chi connectivity index (χ1n) is 8.40. The van der Waals surface area contributed by atoms with Crippen molar-refractivity contribution >= 4 is 57.1 Å². The standard InChI is InChI=1S/C18H16AsN5O3S/c20-10-1-8-19(9-11-25)13-2-4-14(5-3-13)22-23-18-21-16-7-6-15(24(26)27)12-17(16)28-18/h2-7,12,25H,1,8-9,11H2. The van der Waals surface area contributed by atoms with Gasteiger partial charge in [-0.1, -0.05) is 0 Å². The third kappa shape index (κ3) is 4.98. The number of nitriles is 1. The van der Waals surface area contributed by atoms with Crippen LogP contribution in [-0.4, -0.2) is 36.3 Å². The summed E-state index contributed by atoms with van der Waals surface area (Å²) in [6.45, 7) is 0.142. The molecule has 0 saturated heterocycles. The Bertz CT molecular complexity index is 1050. The summed E-state index contributed by atoms with van der Waals surface area (Å²) in [6.07, 6.45) is 0.511. The number of hydrogen-bond acceptors (Lipinski definition) is 8. The number of azo groups is 1. The number of aliphatic hydroxyl groups excluding tert-OH is 1. The van der Waals surface area contributed by atoms with E-state index in [1.54, 1.807) is 6.07 Å². The monoisotopic (exact) mass is 457 g/mol. The number of rotatable bonds is 8. The van der Waals surface area contributed by atoms with Gasteiger partial charge in [-0.2, -0.15) is 0 Å². The van der Waals surface area contributed by atoms with Gasteiger partial charge in [0.15, 0.2) is 0 Å². The second-order valence-corrected chi connectivity index (χ2v) is 12.0. The summed E-state index contributed by atoms with van der Waals surface area (Å²) in [5.74, 6) is 0. The predicted octanol–water partition coefficient (Wildman–Crippen LogP) is 4.23. The van der Waals surface area contributed by atoms with Gasteiger partial charge in [-0.3, -0.25) is 10.1 Å². The van der Waals surface area contributed by atoms with Crippen molar-refractivity contribution in [2.45, 2.75) is 16.8 Å². The molecule has 0 amide bonds. The number of thiazole rings is 1. The van der Waals surface area contributed by atoms with E-state index >= 15 is 0 Å². The number of hydrogen-bond donors (Lipinski definition) is 1. The van der Waals surface area contributed by atoms with Crippen molar-refractivity contribution in [1.82, 2.24) is 4.98 Å².